The number of amides is 1. The van der Waals surface area contributed by atoms with Gasteiger partial charge in [-0.1, -0.05) is 0 Å². The van der Waals surface area contributed by atoms with Gasteiger partial charge in [0.1, 0.15) is 5.00 Å². The highest BCUT2D eigenvalue weighted by Crippen LogP contribution is 2.37. The Morgan fingerprint density at radius 2 is 2.12 bits per heavy atom. The molecule has 0 aliphatic heterocycles. The first-order chi connectivity index (χ1) is 7.47. The van der Waals surface area contributed by atoms with E-state index < -0.39 is 5.97 Å². The number of halogens is 1. The van der Waals surface area contributed by atoms with E-state index in [-0.39, 0.29) is 5.91 Å². The Balaban J connectivity index is 3.13. The van der Waals surface area contributed by atoms with E-state index in [1.165, 1.54) is 18.3 Å². The number of hydrogen-bond donors (Lipinski definition) is 1. The summed E-state index contributed by atoms with van der Waals surface area (Å²) >= 11 is 4.64. The third-order valence-corrected chi connectivity index (χ3v) is 3.93. The van der Waals surface area contributed by atoms with Crippen molar-refractivity contribution >= 4 is 44.1 Å². The van der Waals surface area contributed by atoms with Gasteiger partial charge < -0.3 is 10.1 Å². The molecule has 0 saturated heterocycles. The van der Waals surface area contributed by atoms with E-state index in [2.05, 4.69) is 21.2 Å². The minimum atomic E-state index is -0.411. The number of nitrogens with one attached hydrogen (secondary N) is 1. The first kappa shape index (κ1) is 13.2. The molecule has 88 valence electrons. The molecule has 0 bridgehead atoms. The lowest BCUT2D eigenvalue weighted by atomic mass is 10.2. The largest absolute Gasteiger partial charge is 0.462 e. The van der Waals surface area contributed by atoms with Crippen molar-refractivity contribution < 1.29 is 14.3 Å². The Labute approximate surface area is 106 Å². The molecule has 0 saturated carbocycles. The van der Waals surface area contributed by atoms with Crippen LogP contribution in [0.3, 0.4) is 0 Å². The molecule has 1 aromatic rings. The quantitative estimate of drug-likeness (QED) is 0.874. The Kier molecular flexibility index (Phi) is 4.49. The van der Waals surface area contributed by atoms with E-state index in [0.29, 0.717) is 17.2 Å². The van der Waals surface area contributed by atoms with E-state index in [1.54, 1.807) is 13.8 Å². The molecule has 0 atom stereocenters. The van der Waals surface area contributed by atoms with Crippen LogP contribution in [-0.4, -0.2) is 18.5 Å². The smallest absolute Gasteiger partial charge is 0.341 e. The molecule has 0 aromatic carbocycles. The van der Waals surface area contributed by atoms with Crippen molar-refractivity contribution in [2.24, 2.45) is 0 Å². The zero-order valence-electron chi connectivity index (χ0n) is 9.22. The number of rotatable bonds is 3. The van der Waals surface area contributed by atoms with Crippen molar-refractivity contribution in [2.75, 3.05) is 11.9 Å². The highest BCUT2D eigenvalue weighted by molar-refractivity contribution is 9.11. The fourth-order valence-corrected chi connectivity index (χ4v) is 2.83. The second-order valence-electron chi connectivity index (χ2n) is 3.11. The lowest BCUT2D eigenvalue weighted by Gasteiger charge is -2.04. The van der Waals surface area contributed by atoms with Crippen LogP contribution >= 0.6 is 27.3 Å². The highest BCUT2D eigenvalue weighted by Gasteiger charge is 2.21. The maximum absolute atomic E-state index is 11.7. The lowest BCUT2D eigenvalue weighted by molar-refractivity contribution is -0.114. The Morgan fingerprint density at radius 1 is 1.50 bits per heavy atom. The Morgan fingerprint density at radius 3 is 2.62 bits per heavy atom. The zero-order valence-corrected chi connectivity index (χ0v) is 11.6. The summed E-state index contributed by atoms with van der Waals surface area (Å²) in [7, 11) is 0. The standard InChI is InChI=1S/C10H12BrNO3S/c1-4-15-10(14)7-5(2)8(11)16-9(7)12-6(3)13/h4H2,1-3H3,(H,12,13). The number of thiophene rings is 1. The van der Waals surface area contributed by atoms with Gasteiger partial charge in [-0.15, -0.1) is 11.3 Å². The van der Waals surface area contributed by atoms with Gasteiger partial charge in [-0.25, -0.2) is 4.79 Å². The molecule has 6 heteroatoms. The Bertz CT molecular complexity index is 428. The predicted molar refractivity (Wildman–Crippen MR) is 67.0 cm³/mol. The average molecular weight is 306 g/mol. The number of carbonyl (C=O) groups excluding carboxylic acids is 2. The Hall–Kier alpha value is -0.880. The fraction of sp³-hybridized carbons (Fsp3) is 0.400. The summed E-state index contributed by atoms with van der Waals surface area (Å²) in [6, 6.07) is 0. The third-order valence-electron chi connectivity index (χ3n) is 1.86. The first-order valence-corrected chi connectivity index (χ1v) is 6.31. The number of anilines is 1. The highest BCUT2D eigenvalue weighted by atomic mass is 79.9. The second kappa shape index (κ2) is 5.45. The van der Waals surface area contributed by atoms with Crippen LogP contribution in [0.5, 0.6) is 0 Å². The molecule has 4 nitrogen and oxygen atoms in total. The topological polar surface area (TPSA) is 55.4 Å². The third kappa shape index (κ3) is 2.82. The maximum atomic E-state index is 11.7. The molecule has 16 heavy (non-hydrogen) atoms. The maximum Gasteiger partial charge on any atom is 0.341 e. The predicted octanol–water partition coefficient (Wildman–Crippen LogP) is 2.95. The normalized spacial score (nSPS) is 10.0. The van der Waals surface area contributed by atoms with Gasteiger partial charge in [0.25, 0.3) is 0 Å². The summed E-state index contributed by atoms with van der Waals surface area (Å²) in [6.45, 7) is 5.26. The molecule has 1 rings (SSSR count). The number of esters is 1. The monoisotopic (exact) mass is 305 g/mol. The summed E-state index contributed by atoms with van der Waals surface area (Å²) in [4.78, 5) is 22.7. The molecule has 0 aliphatic carbocycles. The van der Waals surface area contributed by atoms with Crippen molar-refractivity contribution in [2.45, 2.75) is 20.8 Å². The minimum absolute atomic E-state index is 0.209. The average Bonchev–Trinajstić information content (AvgIpc) is 2.41. The SMILES string of the molecule is CCOC(=O)c1c(NC(C)=O)sc(Br)c1C. The summed E-state index contributed by atoms with van der Waals surface area (Å²) in [6.07, 6.45) is 0. The molecule has 0 unspecified atom stereocenters. The molecule has 0 fully saturated rings. The first-order valence-electron chi connectivity index (χ1n) is 4.71. The molecule has 0 aliphatic rings. The van der Waals surface area contributed by atoms with Crippen LogP contribution in [0.2, 0.25) is 0 Å². The summed E-state index contributed by atoms with van der Waals surface area (Å²) in [5, 5.41) is 3.15. The second-order valence-corrected chi connectivity index (χ2v) is 5.45. The zero-order chi connectivity index (χ0) is 12.3. The van der Waals surface area contributed by atoms with Gasteiger partial charge in [0, 0.05) is 6.92 Å². The van der Waals surface area contributed by atoms with Gasteiger partial charge in [-0.05, 0) is 35.3 Å². The van der Waals surface area contributed by atoms with E-state index >= 15 is 0 Å². The van der Waals surface area contributed by atoms with Gasteiger partial charge >= 0.3 is 5.97 Å². The molecular weight excluding hydrogens is 294 g/mol. The van der Waals surface area contributed by atoms with Crippen molar-refractivity contribution in [1.29, 1.82) is 0 Å². The summed E-state index contributed by atoms with van der Waals surface area (Å²) in [5.41, 5.74) is 1.21. The van der Waals surface area contributed by atoms with Gasteiger partial charge in [0.15, 0.2) is 0 Å². The van der Waals surface area contributed by atoms with Crippen molar-refractivity contribution in [3.8, 4) is 0 Å². The lowest BCUT2D eigenvalue weighted by Crippen LogP contribution is -2.11. The molecule has 0 radical (unpaired) electrons. The van der Waals surface area contributed by atoms with Gasteiger partial charge in [0.05, 0.1) is 16.0 Å². The molecule has 1 amide bonds. The van der Waals surface area contributed by atoms with Gasteiger partial charge in [-0.2, -0.15) is 0 Å². The van der Waals surface area contributed by atoms with E-state index in [1.807, 2.05) is 0 Å². The van der Waals surface area contributed by atoms with Crippen LogP contribution < -0.4 is 5.32 Å². The molecule has 1 heterocycles. The van der Waals surface area contributed by atoms with Gasteiger partial charge in [0.2, 0.25) is 5.91 Å². The van der Waals surface area contributed by atoms with Crippen LogP contribution in [-0.2, 0) is 9.53 Å². The van der Waals surface area contributed by atoms with Crippen LogP contribution in [0.15, 0.2) is 3.79 Å². The van der Waals surface area contributed by atoms with E-state index in [9.17, 15) is 9.59 Å². The molecule has 0 spiro atoms. The molecule has 1 aromatic heterocycles. The molecular formula is C10H12BrNO3S. The number of hydrogen-bond acceptors (Lipinski definition) is 4. The fourth-order valence-electron chi connectivity index (χ4n) is 1.18. The minimum Gasteiger partial charge on any atom is -0.462 e. The van der Waals surface area contributed by atoms with Crippen LogP contribution in [0, 0.1) is 6.92 Å². The number of carbonyl (C=O) groups is 2. The summed E-state index contributed by atoms with van der Waals surface area (Å²) in [5.74, 6) is -0.620. The summed E-state index contributed by atoms with van der Waals surface area (Å²) < 4.78 is 5.76. The van der Waals surface area contributed by atoms with Crippen LogP contribution in [0.1, 0.15) is 29.8 Å². The van der Waals surface area contributed by atoms with E-state index in [4.69, 9.17) is 4.74 Å². The van der Waals surface area contributed by atoms with Crippen molar-refractivity contribution in [1.82, 2.24) is 0 Å². The van der Waals surface area contributed by atoms with E-state index in [0.717, 1.165) is 9.35 Å². The molecule has 1 N–H and O–H groups in total. The number of ether oxygens (including phenoxy) is 1. The van der Waals surface area contributed by atoms with Gasteiger partial charge in [-0.3, -0.25) is 4.79 Å². The van der Waals surface area contributed by atoms with Crippen LogP contribution in [0.25, 0.3) is 0 Å². The van der Waals surface area contributed by atoms with Crippen molar-refractivity contribution in [3.05, 3.63) is 14.9 Å². The van der Waals surface area contributed by atoms with Crippen molar-refractivity contribution in [3.63, 3.8) is 0 Å². The van der Waals surface area contributed by atoms with Crippen LogP contribution in [0.4, 0.5) is 5.00 Å².